The number of aryl methyl sites for hydroxylation is 2. The van der Waals surface area contributed by atoms with Gasteiger partial charge in [-0.1, -0.05) is 0 Å². The first-order chi connectivity index (χ1) is 9.97. The number of rotatable bonds is 4. The zero-order chi connectivity index (χ0) is 15.4. The first-order valence-electron chi connectivity index (χ1n) is 7.25. The predicted molar refractivity (Wildman–Crippen MR) is 80.6 cm³/mol. The molecule has 0 radical (unpaired) electrons. The van der Waals surface area contributed by atoms with Crippen LogP contribution in [0.25, 0.3) is 0 Å². The summed E-state index contributed by atoms with van der Waals surface area (Å²) in [5.41, 5.74) is 0.788. The molecule has 1 fully saturated rings. The molecule has 2 rings (SSSR count). The summed E-state index contributed by atoms with van der Waals surface area (Å²) in [6, 6.07) is 1.48. The summed E-state index contributed by atoms with van der Waals surface area (Å²) in [7, 11) is 1.82. The Bertz CT molecular complexity index is 562. The van der Waals surface area contributed by atoms with Crippen molar-refractivity contribution in [2.24, 2.45) is 7.05 Å². The largest absolute Gasteiger partial charge is 0.379 e. The molecular formula is C15H23N3O3. The average molecular weight is 293 g/mol. The van der Waals surface area contributed by atoms with Gasteiger partial charge in [0.2, 0.25) is 0 Å². The van der Waals surface area contributed by atoms with E-state index in [1.165, 1.54) is 6.07 Å². The van der Waals surface area contributed by atoms with Gasteiger partial charge in [0.25, 0.3) is 5.91 Å². The molecule has 0 aliphatic carbocycles. The molecule has 21 heavy (non-hydrogen) atoms. The van der Waals surface area contributed by atoms with Crippen LogP contribution < -0.4 is 10.7 Å². The Kier molecular flexibility index (Phi) is 5.14. The maximum absolute atomic E-state index is 12.2. The van der Waals surface area contributed by atoms with Gasteiger partial charge in [0, 0.05) is 50.7 Å². The Balaban J connectivity index is 1.97. The topological polar surface area (TPSA) is 63.6 Å². The van der Waals surface area contributed by atoms with Crippen LogP contribution in [0, 0.1) is 6.92 Å². The number of morpholine rings is 1. The number of ether oxygens (including phenoxy) is 1. The summed E-state index contributed by atoms with van der Waals surface area (Å²) in [6.07, 6.45) is 1.59. The summed E-state index contributed by atoms with van der Waals surface area (Å²) in [4.78, 5) is 26.4. The van der Waals surface area contributed by atoms with Gasteiger partial charge in [0.15, 0.2) is 5.43 Å². The fourth-order valence-electron chi connectivity index (χ4n) is 2.42. The van der Waals surface area contributed by atoms with Crippen molar-refractivity contribution in [3.05, 3.63) is 33.7 Å². The Hall–Kier alpha value is -1.66. The molecule has 1 aromatic rings. The lowest BCUT2D eigenvalue weighted by molar-refractivity contribution is 0.0342. The van der Waals surface area contributed by atoms with Crippen LogP contribution in [0.15, 0.2) is 17.1 Å². The molecule has 6 nitrogen and oxygen atoms in total. The Morgan fingerprint density at radius 1 is 1.43 bits per heavy atom. The number of carbonyl (C=O) groups is 1. The predicted octanol–water partition coefficient (Wildman–Crippen LogP) is 0.144. The third kappa shape index (κ3) is 4.15. The number of hydrogen-bond donors (Lipinski definition) is 1. The van der Waals surface area contributed by atoms with Crippen LogP contribution in [0.5, 0.6) is 0 Å². The lowest BCUT2D eigenvalue weighted by atomic mass is 10.2. The van der Waals surface area contributed by atoms with Crippen molar-refractivity contribution in [2.45, 2.75) is 19.9 Å². The minimum Gasteiger partial charge on any atom is -0.379 e. The molecule has 116 valence electrons. The summed E-state index contributed by atoms with van der Waals surface area (Å²) in [5, 5.41) is 2.90. The molecule has 0 aromatic carbocycles. The minimum absolute atomic E-state index is 0.0124. The molecule has 1 saturated heterocycles. The summed E-state index contributed by atoms with van der Waals surface area (Å²) >= 11 is 0. The molecule has 1 N–H and O–H groups in total. The van der Waals surface area contributed by atoms with Gasteiger partial charge in [-0.2, -0.15) is 0 Å². The zero-order valence-electron chi connectivity index (χ0n) is 12.9. The monoisotopic (exact) mass is 293 g/mol. The van der Waals surface area contributed by atoms with Gasteiger partial charge in [-0.3, -0.25) is 14.5 Å². The second kappa shape index (κ2) is 6.87. The van der Waals surface area contributed by atoms with Crippen molar-refractivity contribution >= 4 is 5.91 Å². The number of amides is 1. The number of nitrogens with one attached hydrogen (secondary N) is 1. The molecule has 1 aromatic heterocycles. The third-order valence-electron chi connectivity index (χ3n) is 3.74. The molecule has 0 saturated carbocycles. The van der Waals surface area contributed by atoms with Crippen molar-refractivity contribution in [1.29, 1.82) is 0 Å². The van der Waals surface area contributed by atoms with Gasteiger partial charge >= 0.3 is 0 Å². The van der Waals surface area contributed by atoms with Crippen LogP contribution in [0.3, 0.4) is 0 Å². The second-order valence-corrected chi connectivity index (χ2v) is 5.59. The van der Waals surface area contributed by atoms with E-state index in [9.17, 15) is 9.59 Å². The highest BCUT2D eigenvalue weighted by molar-refractivity contribution is 5.94. The standard InChI is InChI=1S/C15H23N3O3/c1-11(9-18-4-6-21-7-5-18)16-15(20)13-10-17(3)12(2)8-14(13)19/h8,10-11H,4-7,9H2,1-3H3,(H,16,20). The molecule has 6 heteroatoms. The van der Waals surface area contributed by atoms with Crippen LogP contribution in [-0.2, 0) is 11.8 Å². The summed E-state index contributed by atoms with van der Waals surface area (Å²) in [6.45, 7) is 7.79. The SMILES string of the molecule is Cc1cc(=O)c(C(=O)NC(C)CN2CCOCC2)cn1C. The van der Waals surface area contributed by atoms with Gasteiger partial charge in [-0.25, -0.2) is 0 Å². The molecular weight excluding hydrogens is 270 g/mol. The van der Waals surface area contributed by atoms with Crippen LogP contribution >= 0.6 is 0 Å². The van der Waals surface area contributed by atoms with Gasteiger partial charge in [0.1, 0.15) is 5.56 Å². The summed E-state index contributed by atoms with van der Waals surface area (Å²) in [5.74, 6) is -0.309. The Labute approximate surface area is 124 Å². The van der Waals surface area contributed by atoms with Gasteiger partial charge in [-0.15, -0.1) is 0 Å². The number of nitrogens with zero attached hydrogens (tertiary/aromatic N) is 2. The highest BCUT2D eigenvalue weighted by atomic mass is 16.5. The van der Waals surface area contributed by atoms with Crippen molar-refractivity contribution in [1.82, 2.24) is 14.8 Å². The molecule has 0 spiro atoms. The lowest BCUT2D eigenvalue weighted by Gasteiger charge is -2.29. The minimum atomic E-state index is -0.309. The highest BCUT2D eigenvalue weighted by Gasteiger charge is 2.17. The molecule has 1 unspecified atom stereocenters. The van der Waals surface area contributed by atoms with E-state index in [-0.39, 0.29) is 22.9 Å². The molecule has 1 amide bonds. The molecule has 1 aliphatic heterocycles. The van der Waals surface area contributed by atoms with E-state index >= 15 is 0 Å². The van der Waals surface area contributed by atoms with E-state index in [1.807, 2.05) is 20.9 Å². The first kappa shape index (κ1) is 15.7. The van der Waals surface area contributed by atoms with Crippen molar-refractivity contribution in [3.63, 3.8) is 0 Å². The zero-order valence-corrected chi connectivity index (χ0v) is 12.9. The first-order valence-corrected chi connectivity index (χ1v) is 7.25. The summed E-state index contributed by atoms with van der Waals surface area (Å²) < 4.78 is 7.08. The fourth-order valence-corrected chi connectivity index (χ4v) is 2.42. The van der Waals surface area contributed by atoms with Gasteiger partial charge < -0.3 is 14.6 Å². The van der Waals surface area contributed by atoms with E-state index in [4.69, 9.17) is 4.74 Å². The maximum atomic E-state index is 12.2. The normalized spacial score (nSPS) is 17.5. The quantitative estimate of drug-likeness (QED) is 0.858. The second-order valence-electron chi connectivity index (χ2n) is 5.59. The lowest BCUT2D eigenvalue weighted by Crippen LogP contribution is -2.46. The third-order valence-corrected chi connectivity index (χ3v) is 3.74. The fraction of sp³-hybridized carbons (Fsp3) is 0.600. The smallest absolute Gasteiger partial charge is 0.257 e. The van der Waals surface area contributed by atoms with E-state index in [0.29, 0.717) is 0 Å². The van der Waals surface area contributed by atoms with E-state index < -0.39 is 0 Å². The van der Waals surface area contributed by atoms with E-state index in [0.717, 1.165) is 38.5 Å². The van der Waals surface area contributed by atoms with Crippen LogP contribution in [0.4, 0.5) is 0 Å². The highest BCUT2D eigenvalue weighted by Crippen LogP contribution is 2.01. The number of carbonyl (C=O) groups excluding carboxylic acids is 1. The maximum Gasteiger partial charge on any atom is 0.257 e. The molecule has 1 aliphatic rings. The molecule has 1 atom stereocenters. The average Bonchev–Trinajstić information content (AvgIpc) is 2.43. The van der Waals surface area contributed by atoms with E-state index in [2.05, 4.69) is 10.2 Å². The van der Waals surface area contributed by atoms with Crippen LogP contribution in [0.2, 0.25) is 0 Å². The van der Waals surface area contributed by atoms with E-state index in [1.54, 1.807) is 10.8 Å². The van der Waals surface area contributed by atoms with Crippen molar-refractivity contribution < 1.29 is 9.53 Å². The number of hydrogen-bond acceptors (Lipinski definition) is 4. The molecule has 2 heterocycles. The Morgan fingerprint density at radius 2 is 2.10 bits per heavy atom. The van der Waals surface area contributed by atoms with Crippen molar-refractivity contribution in [2.75, 3.05) is 32.8 Å². The van der Waals surface area contributed by atoms with Crippen LogP contribution in [0.1, 0.15) is 23.0 Å². The number of pyridine rings is 1. The Morgan fingerprint density at radius 3 is 2.76 bits per heavy atom. The molecule has 0 bridgehead atoms. The van der Waals surface area contributed by atoms with Crippen LogP contribution in [-0.4, -0.2) is 54.3 Å². The van der Waals surface area contributed by atoms with Gasteiger partial charge in [-0.05, 0) is 13.8 Å². The van der Waals surface area contributed by atoms with Gasteiger partial charge in [0.05, 0.1) is 13.2 Å². The van der Waals surface area contributed by atoms with Crippen molar-refractivity contribution in [3.8, 4) is 0 Å². The number of aromatic nitrogens is 1.